The molecule has 0 saturated carbocycles. The van der Waals surface area contributed by atoms with Crippen molar-refractivity contribution in [1.29, 1.82) is 0 Å². The monoisotopic (exact) mass is 218 g/mol. The molecule has 0 bridgehead atoms. The summed E-state index contributed by atoms with van der Waals surface area (Å²) in [5, 5.41) is 0. The van der Waals surface area contributed by atoms with Gasteiger partial charge in [0.05, 0.1) is 7.11 Å². The third-order valence-corrected chi connectivity index (χ3v) is 2.72. The zero-order valence-corrected chi connectivity index (χ0v) is 9.66. The van der Waals surface area contributed by atoms with Gasteiger partial charge in [0.2, 0.25) is 0 Å². The first kappa shape index (κ1) is 10.7. The Morgan fingerprint density at radius 2 is 2.19 bits per heavy atom. The lowest BCUT2D eigenvalue weighted by molar-refractivity contribution is 0.101. The number of ether oxygens (including phenoxy) is 2. The lowest BCUT2D eigenvalue weighted by Gasteiger charge is -2.19. The highest BCUT2D eigenvalue weighted by Gasteiger charge is 2.18. The lowest BCUT2D eigenvalue weighted by Crippen LogP contribution is -2.07. The van der Waals surface area contributed by atoms with E-state index in [1.54, 1.807) is 20.1 Å². The van der Waals surface area contributed by atoms with Crippen molar-refractivity contribution in [3.05, 3.63) is 29.3 Å². The number of fused-ring (bicyclic) bond motifs is 1. The Morgan fingerprint density at radius 3 is 2.81 bits per heavy atom. The molecule has 0 saturated heterocycles. The molecule has 3 heteroatoms. The van der Waals surface area contributed by atoms with E-state index in [-0.39, 0.29) is 5.78 Å². The predicted molar refractivity (Wildman–Crippen MR) is 62.1 cm³/mol. The SMILES string of the molecule is COc1cc(C(C)=O)cc2c1OCC=C2C. The number of carbonyl (C=O) groups is 1. The van der Waals surface area contributed by atoms with E-state index < -0.39 is 0 Å². The summed E-state index contributed by atoms with van der Waals surface area (Å²) >= 11 is 0. The van der Waals surface area contributed by atoms with E-state index in [9.17, 15) is 4.79 Å². The third-order valence-electron chi connectivity index (χ3n) is 2.72. The quantitative estimate of drug-likeness (QED) is 0.716. The Balaban J connectivity index is 2.64. The van der Waals surface area contributed by atoms with Crippen LogP contribution in [0.2, 0.25) is 0 Å². The molecule has 1 heterocycles. The number of hydrogen-bond acceptors (Lipinski definition) is 3. The molecule has 1 aromatic rings. The van der Waals surface area contributed by atoms with Crippen LogP contribution in [-0.4, -0.2) is 19.5 Å². The summed E-state index contributed by atoms with van der Waals surface area (Å²) in [5.41, 5.74) is 2.70. The molecule has 0 radical (unpaired) electrons. The van der Waals surface area contributed by atoms with Crippen LogP contribution in [0.5, 0.6) is 11.5 Å². The van der Waals surface area contributed by atoms with Gasteiger partial charge >= 0.3 is 0 Å². The highest BCUT2D eigenvalue weighted by atomic mass is 16.5. The van der Waals surface area contributed by atoms with Crippen LogP contribution >= 0.6 is 0 Å². The summed E-state index contributed by atoms with van der Waals surface area (Å²) in [7, 11) is 1.58. The number of Topliss-reactive ketones (excluding diaryl/α,β-unsaturated/α-hetero) is 1. The fourth-order valence-corrected chi connectivity index (χ4v) is 1.76. The molecular formula is C13H14O3. The largest absolute Gasteiger partial charge is 0.493 e. The molecule has 3 nitrogen and oxygen atoms in total. The lowest BCUT2D eigenvalue weighted by atomic mass is 9.99. The van der Waals surface area contributed by atoms with Gasteiger partial charge in [-0.25, -0.2) is 0 Å². The van der Waals surface area contributed by atoms with Crippen molar-refractivity contribution in [1.82, 2.24) is 0 Å². The molecule has 1 aliphatic rings. The summed E-state index contributed by atoms with van der Waals surface area (Å²) in [4.78, 5) is 11.4. The molecule has 1 aromatic carbocycles. The van der Waals surface area contributed by atoms with Gasteiger partial charge in [-0.1, -0.05) is 0 Å². The van der Waals surface area contributed by atoms with E-state index >= 15 is 0 Å². The van der Waals surface area contributed by atoms with E-state index in [2.05, 4.69) is 0 Å². The molecule has 0 spiro atoms. The number of allylic oxidation sites excluding steroid dienone is 1. The molecule has 0 aliphatic carbocycles. The van der Waals surface area contributed by atoms with Crippen molar-refractivity contribution in [3.8, 4) is 11.5 Å². The summed E-state index contributed by atoms with van der Waals surface area (Å²) < 4.78 is 10.8. The third kappa shape index (κ3) is 1.69. The zero-order valence-electron chi connectivity index (χ0n) is 9.66. The average molecular weight is 218 g/mol. The Hall–Kier alpha value is -1.77. The van der Waals surface area contributed by atoms with E-state index in [1.807, 2.05) is 19.1 Å². The van der Waals surface area contributed by atoms with Crippen molar-refractivity contribution in [2.24, 2.45) is 0 Å². The van der Waals surface area contributed by atoms with Crippen molar-refractivity contribution in [2.75, 3.05) is 13.7 Å². The Labute approximate surface area is 94.7 Å². The van der Waals surface area contributed by atoms with Gasteiger partial charge in [-0.05, 0) is 37.6 Å². The number of ketones is 1. The second-order valence-corrected chi connectivity index (χ2v) is 3.81. The normalized spacial score (nSPS) is 13.6. The van der Waals surface area contributed by atoms with Gasteiger partial charge in [0, 0.05) is 11.1 Å². The fraction of sp³-hybridized carbons (Fsp3) is 0.308. The minimum atomic E-state index is 0.0273. The molecular weight excluding hydrogens is 204 g/mol. The van der Waals surface area contributed by atoms with Crippen LogP contribution in [0.4, 0.5) is 0 Å². The van der Waals surface area contributed by atoms with Gasteiger partial charge in [-0.3, -0.25) is 4.79 Å². The number of carbonyl (C=O) groups excluding carboxylic acids is 1. The molecule has 2 rings (SSSR count). The molecule has 16 heavy (non-hydrogen) atoms. The van der Waals surface area contributed by atoms with Gasteiger partial charge < -0.3 is 9.47 Å². The van der Waals surface area contributed by atoms with Gasteiger partial charge in [-0.2, -0.15) is 0 Å². The van der Waals surface area contributed by atoms with Gasteiger partial charge in [0.15, 0.2) is 17.3 Å². The van der Waals surface area contributed by atoms with Crippen LogP contribution in [0.15, 0.2) is 18.2 Å². The molecule has 0 N–H and O–H groups in total. The van der Waals surface area contributed by atoms with Crippen molar-refractivity contribution in [2.45, 2.75) is 13.8 Å². The highest BCUT2D eigenvalue weighted by molar-refractivity contribution is 5.96. The molecule has 0 aromatic heterocycles. The minimum absolute atomic E-state index is 0.0273. The summed E-state index contributed by atoms with van der Waals surface area (Å²) in [6, 6.07) is 3.57. The van der Waals surface area contributed by atoms with Gasteiger partial charge in [0.1, 0.15) is 6.61 Å². The van der Waals surface area contributed by atoms with E-state index in [1.165, 1.54) is 0 Å². The maximum Gasteiger partial charge on any atom is 0.169 e. The fourth-order valence-electron chi connectivity index (χ4n) is 1.76. The average Bonchev–Trinajstić information content (AvgIpc) is 2.28. The summed E-state index contributed by atoms with van der Waals surface area (Å²) in [6.07, 6.45) is 1.99. The minimum Gasteiger partial charge on any atom is -0.493 e. The molecule has 0 atom stereocenters. The zero-order chi connectivity index (χ0) is 11.7. The Bertz CT molecular complexity index is 472. The first-order valence-corrected chi connectivity index (χ1v) is 5.16. The van der Waals surface area contributed by atoms with Crippen LogP contribution < -0.4 is 9.47 Å². The molecule has 0 unspecified atom stereocenters. The van der Waals surface area contributed by atoms with Crippen LogP contribution in [0, 0.1) is 0 Å². The highest BCUT2D eigenvalue weighted by Crippen LogP contribution is 2.38. The second kappa shape index (κ2) is 4.00. The Kier molecular flexibility index (Phi) is 2.69. The van der Waals surface area contributed by atoms with Crippen molar-refractivity contribution < 1.29 is 14.3 Å². The van der Waals surface area contributed by atoms with Crippen molar-refractivity contribution in [3.63, 3.8) is 0 Å². The first-order chi connectivity index (χ1) is 7.63. The molecule has 0 fully saturated rings. The van der Waals surface area contributed by atoms with Crippen LogP contribution in [0.25, 0.3) is 5.57 Å². The Morgan fingerprint density at radius 1 is 1.44 bits per heavy atom. The maximum absolute atomic E-state index is 11.4. The van der Waals surface area contributed by atoms with Crippen molar-refractivity contribution >= 4 is 11.4 Å². The number of benzene rings is 1. The summed E-state index contributed by atoms with van der Waals surface area (Å²) in [5.74, 6) is 1.38. The standard InChI is InChI=1S/C13H14O3/c1-8-4-5-16-13-11(8)6-10(9(2)14)7-12(13)15-3/h4,6-7H,5H2,1-3H3. The topological polar surface area (TPSA) is 35.5 Å². The van der Waals surface area contributed by atoms with E-state index in [0.29, 0.717) is 17.9 Å². The molecule has 0 amide bonds. The van der Waals surface area contributed by atoms with E-state index in [4.69, 9.17) is 9.47 Å². The second-order valence-electron chi connectivity index (χ2n) is 3.81. The maximum atomic E-state index is 11.4. The smallest absolute Gasteiger partial charge is 0.169 e. The van der Waals surface area contributed by atoms with Crippen LogP contribution in [0.3, 0.4) is 0 Å². The van der Waals surface area contributed by atoms with Crippen LogP contribution in [0.1, 0.15) is 29.8 Å². The molecule has 84 valence electrons. The first-order valence-electron chi connectivity index (χ1n) is 5.16. The number of hydrogen-bond donors (Lipinski definition) is 0. The van der Waals surface area contributed by atoms with Gasteiger partial charge in [-0.15, -0.1) is 0 Å². The van der Waals surface area contributed by atoms with E-state index in [0.717, 1.165) is 16.9 Å². The number of methoxy groups -OCH3 is 1. The van der Waals surface area contributed by atoms with Crippen LogP contribution in [-0.2, 0) is 0 Å². The summed E-state index contributed by atoms with van der Waals surface area (Å²) in [6.45, 7) is 4.10. The van der Waals surface area contributed by atoms with Gasteiger partial charge in [0.25, 0.3) is 0 Å². The number of rotatable bonds is 2. The predicted octanol–water partition coefficient (Wildman–Crippen LogP) is 2.69. The molecule has 1 aliphatic heterocycles.